The van der Waals surface area contributed by atoms with Crippen molar-refractivity contribution in [1.29, 1.82) is 0 Å². The molecule has 1 aliphatic rings. The monoisotopic (exact) mass is 261 g/mol. The molecule has 1 aliphatic heterocycles. The number of likely N-dealkylation sites (tertiary alicyclic amines) is 1. The normalized spacial score (nSPS) is 17.9. The Balaban J connectivity index is 1.72. The molecule has 104 valence electrons. The number of ether oxygens (including phenoxy) is 1. The zero-order chi connectivity index (χ0) is 13.5. The first-order chi connectivity index (χ1) is 9.25. The Bertz CT molecular complexity index is 385. The van der Waals surface area contributed by atoms with Crippen molar-refractivity contribution in [2.24, 2.45) is 5.92 Å². The first kappa shape index (κ1) is 14.1. The van der Waals surface area contributed by atoms with Crippen molar-refractivity contribution < 1.29 is 9.53 Å². The van der Waals surface area contributed by atoms with Crippen LogP contribution in [-0.2, 0) is 16.1 Å². The summed E-state index contributed by atoms with van der Waals surface area (Å²) in [6.45, 7) is 5.41. The Morgan fingerprint density at radius 3 is 2.58 bits per heavy atom. The van der Waals surface area contributed by atoms with Crippen LogP contribution in [-0.4, -0.2) is 30.5 Å². The summed E-state index contributed by atoms with van der Waals surface area (Å²) in [5, 5.41) is 0. The number of carbonyl (C=O) groups excluding carboxylic acids is 1. The van der Waals surface area contributed by atoms with Crippen LogP contribution in [0.5, 0.6) is 0 Å². The van der Waals surface area contributed by atoms with Gasteiger partial charge in [0.1, 0.15) is 6.61 Å². The fourth-order valence-corrected chi connectivity index (χ4v) is 2.47. The van der Waals surface area contributed by atoms with Gasteiger partial charge in [0.25, 0.3) is 0 Å². The molecule has 0 aromatic heterocycles. The van der Waals surface area contributed by atoms with E-state index in [1.807, 2.05) is 37.3 Å². The van der Waals surface area contributed by atoms with E-state index in [4.69, 9.17) is 4.74 Å². The molecule has 0 aliphatic carbocycles. The molecule has 1 aromatic carbocycles. The SMILES string of the molecule is CC(CN1CCCCC1)C(=O)OCc1ccccc1. The van der Waals surface area contributed by atoms with E-state index in [2.05, 4.69) is 4.90 Å². The van der Waals surface area contributed by atoms with E-state index in [1.165, 1.54) is 19.3 Å². The first-order valence-electron chi connectivity index (χ1n) is 7.18. The first-order valence-corrected chi connectivity index (χ1v) is 7.18. The predicted octanol–water partition coefficient (Wildman–Crippen LogP) is 2.85. The van der Waals surface area contributed by atoms with Crippen molar-refractivity contribution in [3.8, 4) is 0 Å². The van der Waals surface area contributed by atoms with Crippen LogP contribution in [0.25, 0.3) is 0 Å². The molecule has 3 nitrogen and oxygen atoms in total. The number of hydrogen-bond acceptors (Lipinski definition) is 3. The Kier molecular flexibility index (Phi) is 5.40. The lowest BCUT2D eigenvalue weighted by Crippen LogP contribution is -2.36. The van der Waals surface area contributed by atoms with Crippen molar-refractivity contribution in [2.75, 3.05) is 19.6 Å². The van der Waals surface area contributed by atoms with Crippen molar-refractivity contribution in [3.63, 3.8) is 0 Å². The molecule has 3 heteroatoms. The molecule has 0 radical (unpaired) electrons. The van der Waals surface area contributed by atoms with Crippen molar-refractivity contribution in [1.82, 2.24) is 4.90 Å². The van der Waals surface area contributed by atoms with Crippen LogP contribution in [0.15, 0.2) is 30.3 Å². The van der Waals surface area contributed by atoms with E-state index in [0.29, 0.717) is 6.61 Å². The van der Waals surface area contributed by atoms with Crippen LogP contribution in [0.4, 0.5) is 0 Å². The summed E-state index contributed by atoms with van der Waals surface area (Å²) in [7, 11) is 0. The maximum absolute atomic E-state index is 11.9. The molecule has 0 bridgehead atoms. The summed E-state index contributed by atoms with van der Waals surface area (Å²) in [6.07, 6.45) is 3.83. The highest BCUT2D eigenvalue weighted by atomic mass is 16.5. The molecule has 1 fully saturated rings. The van der Waals surface area contributed by atoms with E-state index in [1.54, 1.807) is 0 Å². The molecule has 0 saturated carbocycles. The zero-order valence-corrected chi connectivity index (χ0v) is 11.7. The summed E-state index contributed by atoms with van der Waals surface area (Å²) >= 11 is 0. The Morgan fingerprint density at radius 2 is 1.89 bits per heavy atom. The average Bonchev–Trinajstić information content (AvgIpc) is 2.47. The van der Waals surface area contributed by atoms with Gasteiger partial charge in [-0.05, 0) is 31.5 Å². The summed E-state index contributed by atoms with van der Waals surface area (Å²) < 4.78 is 5.37. The Labute approximate surface area is 115 Å². The Hall–Kier alpha value is -1.35. The summed E-state index contributed by atoms with van der Waals surface area (Å²) in [4.78, 5) is 14.3. The highest BCUT2D eigenvalue weighted by Crippen LogP contribution is 2.12. The molecule has 1 atom stereocenters. The molecular formula is C16H23NO2. The van der Waals surface area contributed by atoms with Crippen LogP contribution in [0.1, 0.15) is 31.7 Å². The molecule has 1 unspecified atom stereocenters. The van der Waals surface area contributed by atoms with Crippen LogP contribution in [0.2, 0.25) is 0 Å². The quantitative estimate of drug-likeness (QED) is 0.763. The fourth-order valence-electron chi connectivity index (χ4n) is 2.47. The summed E-state index contributed by atoms with van der Waals surface area (Å²) in [6, 6.07) is 9.83. The van der Waals surface area contributed by atoms with E-state index >= 15 is 0 Å². The molecule has 2 rings (SSSR count). The van der Waals surface area contributed by atoms with Gasteiger partial charge in [0, 0.05) is 6.54 Å². The lowest BCUT2D eigenvalue weighted by Gasteiger charge is -2.28. The van der Waals surface area contributed by atoms with Gasteiger partial charge in [-0.1, -0.05) is 43.7 Å². The molecule has 1 aromatic rings. The van der Waals surface area contributed by atoms with E-state index in [0.717, 1.165) is 25.2 Å². The fraction of sp³-hybridized carbons (Fsp3) is 0.562. The molecular weight excluding hydrogens is 238 g/mol. The topological polar surface area (TPSA) is 29.5 Å². The number of piperidine rings is 1. The molecule has 0 N–H and O–H groups in total. The zero-order valence-electron chi connectivity index (χ0n) is 11.7. The highest BCUT2D eigenvalue weighted by Gasteiger charge is 2.19. The minimum absolute atomic E-state index is 0.0400. The highest BCUT2D eigenvalue weighted by molar-refractivity contribution is 5.72. The molecule has 0 amide bonds. The second kappa shape index (κ2) is 7.29. The van der Waals surface area contributed by atoms with E-state index in [9.17, 15) is 4.79 Å². The van der Waals surface area contributed by atoms with Gasteiger partial charge in [0.2, 0.25) is 0 Å². The third-order valence-electron chi connectivity index (χ3n) is 3.61. The van der Waals surface area contributed by atoms with Gasteiger partial charge in [-0.3, -0.25) is 4.79 Å². The van der Waals surface area contributed by atoms with Crippen molar-refractivity contribution in [3.05, 3.63) is 35.9 Å². The molecule has 0 spiro atoms. The van der Waals surface area contributed by atoms with Gasteiger partial charge in [-0.2, -0.15) is 0 Å². The minimum Gasteiger partial charge on any atom is -0.461 e. The number of rotatable bonds is 5. The van der Waals surface area contributed by atoms with Crippen molar-refractivity contribution >= 4 is 5.97 Å². The molecule has 19 heavy (non-hydrogen) atoms. The third-order valence-corrected chi connectivity index (χ3v) is 3.61. The molecule has 1 heterocycles. The van der Waals surface area contributed by atoms with Gasteiger partial charge in [0.05, 0.1) is 5.92 Å². The van der Waals surface area contributed by atoms with Gasteiger partial charge < -0.3 is 9.64 Å². The predicted molar refractivity (Wildman–Crippen MR) is 75.7 cm³/mol. The number of esters is 1. The number of carbonyl (C=O) groups is 1. The second-order valence-electron chi connectivity index (χ2n) is 5.36. The van der Waals surface area contributed by atoms with Gasteiger partial charge in [-0.15, -0.1) is 0 Å². The van der Waals surface area contributed by atoms with Gasteiger partial charge >= 0.3 is 5.97 Å². The summed E-state index contributed by atoms with van der Waals surface area (Å²) in [5.74, 6) is -0.128. The average molecular weight is 261 g/mol. The van der Waals surface area contributed by atoms with E-state index in [-0.39, 0.29) is 11.9 Å². The van der Waals surface area contributed by atoms with E-state index < -0.39 is 0 Å². The maximum Gasteiger partial charge on any atom is 0.310 e. The van der Waals surface area contributed by atoms with Crippen molar-refractivity contribution in [2.45, 2.75) is 32.8 Å². The standard InChI is InChI=1S/C16H23NO2/c1-14(12-17-10-6-3-7-11-17)16(18)19-13-15-8-4-2-5-9-15/h2,4-5,8-9,14H,3,6-7,10-13H2,1H3. The number of nitrogens with zero attached hydrogens (tertiary/aromatic N) is 1. The maximum atomic E-state index is 11.9. The van der Waals surface area contributed by atoms with Crippen LogP contribution < -0.4 is 0 Å². The second-order valence-corrected chi connectivity index (χ2v) is 5.36. The number of hydrogen-bond donors (Lipinski definition) is 0. The van der Waals surface area contributed by atoms with Crippen LogP contribution >= 0.6 is 0 Å². The largest absolute Gasteiger partial charge is 0.461 e. The minimum atomic E-state index is -0.0885. The Morgan fingerprint density at radius 1 is 1.21 bits per heavy atom. The lowest BCUT2D eigenvalue weighted by molar-refractivity contribution is -0.150. The molecule has 1 saturated heterocycles. The van der Waals surface area contributed by atoms with Crippen LogP contribution in [0.3, 0.4) is 0 Å². The lowest BCUT2D eigenvalue weighted by atomic mass is 10.1. The summed E-state index contributed by atoms with van der Waals surface area (Å²) in [5.41, 5.74) is 1.04. The van der Waals surface area contributed by atoms with Crippen LogP contribution in [0, 0.1) is 5.92 Å². The smallest absolute Gasteiger partial charge is 0.310 e. The third kappa shape index (κ3) is 4.67. The van der Waals surface area contributed by atoms with Gasteiger partial charge in [-0.25, -0.2) is 0 Å². The number of benzene rings is 1. The van der Waals surface area contributed by atoms with Gasteiger partial charge in [0.15, 0.2) is 0 Å².